The Hall–Kier alpha value is -2.95. The first-order valence-corrected chi connectivity index (χ1v) is 8.64. The van der Waals surface area contributed by atoms with Crippen LogP contribution in [0.1, 0.15) is 35.7 Å². The van der Waals surface area contributed by atoms with Crippen LogP contribution in [0.15, 0.2) is 53.7 Å². The normalized spacial score (nSPS) is 16.2. The summed E-state index contributed by atoms with van der Waals surface area (Å²) in [6, 6.07) is 11.0. The lowest BCUT2D eigenvalue weighted by Crippen LogP contribution is -2.35. The smallest absolute Gasteiger partial charge is 0.343 e. The van der Waals surface area contributed by atoms with Crippen molar-refractivity contribution < 1.29 is 18.7 Å². The van der Waals surface area contributed by atoms with Crippen LogP contribution in [0.3, 0.4) is 0 Å². The molecule has 5 heteroatoms. The molecule has 0 spiro atoms. The van der Waals surface area contributed by atoms with Crippen LogP contribution in [0.5, 0.6) is 5.75 Å². The predicted molar refractivity (Wildman–Crippen MR) is 95.8 cm³/mol. The molecule has 4 rings (SSSR count). The first-order chi connectivity index (χ1) is 12.5. The number of allylic oxidation sites excluding steroid dienone is 2. The van der Waals surface area contributed by atoms with Gasteiger partial charge in [-0.1, -0.05) is 6.07 Å². The van der Waals surface area contributed by atoms with Crippen molar-refractivity contribution in [2.24, 2.45) is 0 Å². The monoisotopic (exact) mass is 351 g/mol. The summed E-state index contributed by atoms with van der Waals surface area (Å²) in [5.41, 5.74) is 4.47. The Kier molecular flexibility index (Phi) is 4.07. The molecule has 0 aliphatic carbocycles. The van der Waals surface area contributed by atoms with Gasteiger partial charge < -0.3 is 9.64 Å². The van der Waals surface area contributed by atoms with E-state index in [0.717, 1.165) is 35.4 Å². The molecule has 132 valence electrons. The third-order valence-electron chi connectivity index (χ3n) is 4.98. The summed E-state index contributed by atoms with van der Waals surface area (Å²) in [7, 11) is 0. The summed E-state index contributed by atoms with van der Waals surface area (Å²) in [5.74, 6) is -0.557. The molecule has 0 saturated heterocycles. The molecule has 0 unspecified atom stereocenters. The van der Waals surface area contributed by atoms with Crippen molar-refractivity contribution in [1.82, 2.24) is 0 Å². The summed E-state index contributed by atoms with van der Waals surface area (Å²) in [6.45, 7) is 2.56. The zero-order valence-corrected chi connectivity index (χ0v) is 14.4. The molecule has 4 nitrogen and oxygen atoms in total. The average molecular weight is 351 g/mol. The van der Waals surface area contributed by atoms with Crippen molar-refractivity contribution >= 4 is 17.4 Å². The zero-order chi connectivity index (χ0) is 18.3. The topological polar surface area (TPSA) is 46.6 Å². The molecule has 2 heterocycles. The van der Waals surface area contributed by atoms with E-state index in [-0.39, 0.29) is 11.5 Å². The first kappa shape index (κ1) is 16.5. The Morgan fingerprint density at radius 3 is 2.77 bits per heavy atom. The Morgan fingerprint density at radius 1 is 1.12 bits per heavy atom. The van der Waals surface area contributed by atoms with Gasteiger partial charge in [0, 0.05) is 36.0 Å². The molecule has 2 aliphatic rings. The van der Waals surface area contributed by atoms with Crippen LogP contribution in [-0.4, -0.2) is 18.3 Å². The molecule has 26 heavy (non-hydrogen) atoms. The molecular formula is C21H18FNO3. The Balaban J connectivity index is 1.61. The van der Waals surface area contributed by atoms with Crippen molar-refractivity contribution in [3.05, 3.63) is 70.7 Å². The van der Waals surface area contributed by atoms with Gasteiger partial charge in [-0.3, -0.25) is 4.79 Å². The number of aryl methyl sites for hydroxylation is 1. The van der Waals surface area contributed by atoms with Crippen LogP contribution in [0.2, 0.25) is 0 Å². The maximum absolute atomic E-state index is 13.2. The molecule has 0 atom stereocenters. The van der Waals surface area contributed by atoms with Gasteiger partial charge in [0.15, 0.2) is 5.78 Å². The molecule has 0 amide bonds. The molecule has 0 fully saturated rings. The number of rotatable bonds is 2. The number of benzene rings is 2. The SMILES string of the molecule is CC1=C2CCc3cc(C(=O)Oc4cccc(F)c4)ccc3N2CCC1=O. The van der Waals surface area contributed by atoms with Crippen LogP contribution in [-0.2, 0) is 11.2 Å². The number of nitrogens with zero attached hydrogens (tertiary/aromatic N) is 1. The van der Waals surface area contributed by atoms with E-state index in [4.69, 9.17) is 4.74 Å². The second-order valence-corrected chi connectivity index (χ2v) is 6.59. The van der Waals surface area contributed by atoms with Crippen LogP contribution >= 0.6 is 0 Å². The van der Waals surface area contributed by atoms with Gasteiger partial charge in [-0.25, -0.2) is 9.18 Å². The van der Waals surface area contributed by atoms with Gasteiger partial charge in [0.2, 0.25) is 0 Å². The highest BCUT2D eigenvalue weighted by Crippen LogP contribution is 2.37. The van der Waals surface area contributed by atoms with Gasteiger partial charge in [-0.05, 0) is 55.7 Å². The second kappa shape index (κ2) is 6.41. The lowest BCUT2D eigenvalue weighted by Gasteiger charge is -2.37. The minimum atomic E-state index is -0.509. The lowest BCUT2D eigenvalue weighted by atomic mass is 9.91. The fourth-order valence-corrected chi connectivity index (χ4v) is 3.61. The Morgan fingerprint density at radius 2 is 1.96 bits per heavy atom. The number of hydrogen-bond donors (Lipinski definition) is 0. The third kappa shape index (κ3) is 2.90. The first-order valence-electron chi connectivity index (χ1n) is 8.64. The van der Waals surface area contributed by atoms with Crippen LogP contribution in [0, 0.1) is 5.82 Å². The number of ether oxygens (including phenoxy) is 1. The van der Waals surface area contributed by atoms with E-state index in [9.17, 15) is 14.0 Å². The van der Waals surface area contributed by atoms with Crippen molar-refractivity contribution in [2.75, 3.05) is 11.4 Å². The van der Waals surface area contributed by atoms with Crippen molar-refractivity contribution in [2.45, 2.75) is 26.2 Å². The Bertz CT molecular complexity index is 948. The zero-order valence-electron chi connectivity index (χ0n) is 14.4. The second-order valence-electron chi connectivity index (χ2n) is 6.59. The van der Waals surface area contributed by atoms with Crippen LogP contribution < -0.4 is 9.64 Å². The maximum atomic E-state index is 13.2. The molecule has 0 N–H and O–H groups in total. The van der Waals surface area contributed by atoms with Gasteiger partial charge in [0.05, 0.1) is 5.56 Å². The largest absolute Gasteiger partial charge is 0.423 e. The summed E-state index contributed by atoms with van der Waals surface area (Å²) in [6.07, 6.45) is 2.07. The maximum Gasteiger partial charge on any atom is 0.343 e. The number of carbonyl (C=O) groups is 2. The van der Waals surface area contributed by atoms with E-state index < -0.39 is 11.8 Å². The number of esters is 1. The van der Waals surface area contributed by atoms with E-state index in [1.54, 1.807) is 12.1 Å². The lowest BCUT2D eigenvalue weighted by molar-refractivity contribution is -0.115. The fraction of sp³-hybridized carbons (Fsp3) is 0.238. The molecule has 0 aromatic heterocycles. The number of fused-ring (bicyclic) bond motifs is 3. The highest BCUT2D eigenvalue weighted by molar-refractivity contribution is 5.98. The molecule has 0 radical (unpaired) electrons. The van der Waals surface area contributed by atoms with Crippen molar-refractivity contribution in [1.29, 1.82) is 0 Å². The number of Topliss-reactive ketones (excluding diaryl/α,β-unsaturated/α-hetero) is 1. The number of halogens is 1. The minimum absolute atomic E-state index is 0.183. The van der Waals surface area contributed by atoms with E-state index in [1.807, 2.05) is 19.1 Å². The third-order valence-corrected chi connectivity index (χ3v) is 4.98. The number of ketones is 1. The highest BCUT2D eigenvalue weighted by Gasteiger charge is 2.29. The molecule has 0 saturated carbocycles. The molecule has 2 aliphatic heterocycles. The summed E-state index contributed by atoms with van der Waals surface area (Å²) in [5, 5.41) is 0. The van der Waals surface area contributed by atoms with Gasteiger partial charge in [0.25, 0.3) is 0 Å². The number of hydrogen-bond acceptors (Lipinski definition) is 4. The van der Waals surface area contributed by atoms with Gasteiger partial charge >= 0.3 is 5.97 Å². The van der Waals surface area contributed by atoms with Gasteiger partial charge in [-0.15, -0.1) is 0 Å². The van der Waals surface area contributed by atoms with E-state index in [1.165, 1.54) is 18.2 Å². The molecule has 2 aromatic carbocycles. The number of carbonyl (C=O) groups excluding carboxylic acids is 2. The molecule has 0 bridgehead atoms. The summed E-state index contributed by atoms with van der Waals surface area (Å²) in [4.78, 5) is 26.5. The van der Waals surface area contributed by atoms with Crippen LogP contribution in [0.4, 0.5) is 10.1 Å². The number of anilines is 1. The van der Waals surface area contributed by atoms with Crippen LogP contribution in [0.25, 0.3) is 0 Å². The quantitative estimate of drug-likeness (QED) is 0.605. The minimum Gasteiger partial charge on any atom is -0.423 e. The van der Waals surface area contributed by atoms with Gasteiger partial charge in [-0.2, -0.15) is 0 Å². The van der Waals surface area contributed by atoms with E-state index >= 15 is 0 Å². The van der Waals surface area contributed by atoms with E-state index in [2.05, 4.69) is 4.90 Å². The average Bonchev–Trinajstić information content (AvgIpc) is 2.64. The summed E-state index contributed by atoms with van der Waals surface area (Å²) >= 11 is 0. The Labute approximate surface area is 150 Å². The fourth-order valence-electron chi connectivity index (χ4n) is 3.61. The standard InChI is InChI=1S/C21H18FNO3/c1-13-18-7-5-14-11-15(6-8-19(14)23(18)10-9-20(13)24)21(25)26-17-4-2-3-16(22)12-17/h2-4,6,8,11-12H,5,7,9-10H2,1H3. The molecular weight excluding hydrogens is 333 g/mol. The highest BCUT2D eigenvalue weighted by atomic mass is 19.1. The molecule has 2 aromatic rings. The summed E-state index contributed by atoms with van der Waals surface area (Å²) < 4.78 is 18.5. The van der Waals surface area contributed by atoms with Gasteiger partial charge in [0.1, 0.15) is 11.6 Å². The van der Waals surface area contributed by atoms with E-state index in [0.29, 0.717) is 18.5 Å². The van der Waals surface area contributed by atoms with Crippen molar-refractivity contribution in [3.63, 3.8) is 0 Å². The van der Waals surface area contributed by atoms with Crippen molar-refractivity contribution in [3.8, 4) is 5.75 Å². The predicted octanol–water partition coefficient (Wildman–Crippen LogP) is 4.04.